The van der Waals surface area contributed by atoms with Crippen molar-refractivity contribution in [2.24, 2.45) is 5.73 Å². The summed E-state index contributed by atoms with van der Waals surface area (Å²) in [6.07, 6.45) is 7.33. The van der Waals surface area contributed by atoms with Crippen LogP contribution >= 0.6 is 0 Å². The topological polar surface area (TPSA) is 74.2 Å². The second-order valence-electron chi connectivity index (χ2n) is 5.01. The summed E-state index contributed by atoms with van der Waals surface area (Å²) in [4.78, 5) is 4.13. The van der Waals surface area contributed by atoms with Crippen LogP contribution in [0.3, 0.4) is 0 Å². The van der Waals surface area contributed by atoms with Crippen LogP contribution in [0.15, 0.2) is 18.3 Å². The number of hydrogen-bond donors (Lipinski definition) is 2. The fourth-order valence-electron chi connectivity index (χ4n) is 2.96. The Labute approximate surface area is 109 Å². The molecule has 18 heavy (non-hydrogen) atoms. The summed E-state index contributed by atoms with van der Waals surface area (Å²) in [5, 5.41) is 0. The van der Waals surface area contributed by atoms with E-state index < -0.39 is 0 Å². The van der Waals surface area contributed by atoms with Gasteiger partial charge in [-0.2, -0.15) is 0 Å². The van der Waals surface area contributed by atoms with E-state index in [1.54, 1.807) is 6.20 Å². The molecule has 1 aromatic heterocycles. The van der Waals surface area contributed by atoms with E-state index in [2.05, 4.69) is 4.98 Å². The zero-order chi connectivity index (χ0) is 13.0. The number of nitrogens with two attached hydrogens (primary N) is 2. The lowest BCUT2D eigenvalue weighted by Crippen LogP contribution is -2.45. The van der Waals surface area contributed by atoms with Crippen LogP contribution in [-0.4, -0.2) is 17.2 Å². The van der Waals surface area contributed by atoms with Gasteiger partial charge in [0.25, 0.3) is 0 Å². The Bertz CT molecular complexity index is 383. The molecule has 100 valence electrons. The van der Waals surface area contributed by atoms with E-state index in [0.717, 1.165) is 18.4 Å². The fourth-order valence-corrected chi connectivity index (χ4v) is 2.96. The van der Waals surface area contributed by atoms with E-state index in [1.807, 2.05) is 19.1 Å². The van der Waals surface area contributed by atoms with Crippen molar-refractivity contribution in [2.45, 2.75) is 50.7 Å². The summed E-state index contributed by atoms with van der Waals surface area (Å²) in [7, 11) is 0. The van der Waals surface area contributed by atoms with Gasteiger partial charge in [0.05, 0.1) is 11.6 Å². The van der Waals surface area contributed by atoms with Crippen molar-refractivity contribution >= 4 is 5.82 Å². The Hall–Kier alpha value is -1.13. The first-order chi connectivity index (χ1) is 8.69. The molecule has 0 radical (unpaired) electrons. The number of rotatable bonds is 4. The van der Waals surface area contributed by atoms with E-state index in [0.29, 0.717) is 12.4 Å². The molecule has 1 heterocycles. The van der Waals surface area contributed by atoms with Gasteiger partial charge in [0.15, 0.2) is 0 Å². The predicted octanol–water partition coefficient (Wildman–Crippen LogP) is 2.40. The van der Waals surface area contributed by atoms with Crippen LogP contribution in [0.5, 0.6) is 0 Å². The lowest BCUT2D eigenvalue weighted by atomic mass is 9.77. The summed E-state index contributed by atoms with van der Waals surface area (Å²) in [5.41, 5.74) is 13.0. The molecule has 4 heteroatoms. The molecule has 0 aliphatic heterocycles. The molecule has 1 unspecified atom stereocenters. The second kappa shape index (κ2) is 5.67. The van der Waals surface area contributed by atoms with E-state index in [4.69, 9.17) is 16.2 Å². The fraction of sp³-hybridized carbons (Fsp3) is 0.643. The van der Waals surface area contributed by atoms with Crippen LogP contribution in [-0.2, 0) is 4.74 Å². The highest BCUT2D eigenvalue weighted by atomic mass is 16.5. The molecule has 4 nitrogen and oxygen atoms in total. The third kappa shape index (κ3) is 2.49. The molecular formula is C14H23N3O. The predicted molar refractivity (Wildman–Crippen MR) is 73.0 cm³/mol. The molecular weight excluding hydrogens is 226 g/mol. The van der Waals surface area contributed by atoms with Crippen LogP contribution in [0.25, 0.3) is 0 Å². The highest BCUT2D eigenvalue weighted by Gasteiger charge is 2.40. The number of nitrogens with zero attached hydrogens (tertiary/aromatic N) is 1. The quantitative estimate of drug-likeness (QED) is 0.859. The highest BCUT2D eigenvalue weighted by Crippen LogP contribution is 2.41. The standard InChI is InChI=1S/C14H23N3O/c1-2-18-14(8-4-3-5-9-14)12(15)11-7-6-10-17-13(11)16/h6-7,10,12H,2-5,8-9,15H2,1H3,(H2,16,17). The van der Waals surface area contributed by atoms with Gasteiger partial charge in [-0.3, -0.25) is 0 Å². The summed E-state index contributed by atoms with van der Waals surface area (Å²) in [6.45, 7) is 2.71. The molecule has 1 atom stereocenters. The van der Waals surface area contributed by atoms with Gasteiger partial charge in [-0.25, -0.2) is 4.98 Å². The third-order valence-electron chi connectivity index (χ3n) is 3.90. The molecule has 1 aliphatic rings. The van der Waals surface area contributed by atoms with Crippen molar-refractivity contribution in [2.75, 3.05) is 12.3 Å². The van der Waals surface area contributed by atoms with Gasteiger partial charge in [-0.15, -0.1) is 0 Å². The maximum atomic E-state index is 6.45. The van der Waals surface area contributed by atoms with E-state index in [9.17, 15) is 0 Å². The highest BCUT2D eigenvalue weighted by molar-refractivity contribution is 5.42. The summed E-state index contributed by atoms with van der Waals surface area (Å²) in [5.74, 6) is 0.523. The lowest BCUT2D eigenvalue weighted by molar-refractivity contribution is -0.0829. The molecule has 0 amide bonds. The molecule has 1 saturated carbocycles. The molecule has 1 aromatic rings. The van der Waals surface area contributed by atoms with Gasteiger partial charge in [-0.05, 0) is 25.8 Å². The van der Waals surface area contributed by atoms with Crippen molar-refractivity contribution in [1.29, 1.82) is 0 Å². The molecule has 0 spiro atoms. The smallest absolute Gasteiger partial charge is 0.128 e. The average molecular weight is 249 g/mol. The number of ether oxygens (including phenoxy) is 1. The Morgan fingerprint density at radius 2 is 2.11 bits per heavy atom. The van der Waals surface area contributed by atoms with Crippen LogP contribution in [0.1, 0.15) is 50.6 Å². The monoisotopic (exact) mass is 249 g/mol. The molecule has 1 aliphatic carbocycles. The minimum absolute atomic E-state index is 0.188. The van der Waals surface area contributed by atoms with E-state index in [-0.39, 0.29) is 11.6 Å². The van der Waals surface area contributed by atoms with Gasteiger partial charge in [0.2, 0.25) is 0 Å². The van der Waals surface area contributed by atoms with Crippen LogP contribution in [0.2, 0.25) is 0 Å². The van der Waals surface area contributed by atoms with E-state index >= 15 is 0 Å². The van der Waals surface area contributed by atoms with Crippen molar-refractivity contribution in [1.82, 2.24) is 4.98 Å². The molecule has 0 bridgehead atoms. The maximum Gasteiger partial charge on any atom is 0.128 e. The summed E-state index contributed by atoms with van der Waals surface area (Å²) >= 11 is 0. The normalized spacial score (nSPS) is 20.6. The van der Waals surface area contributed by atoms with Crippen molar-refractivity contribution in [3.63, 3.8) is 0 Å². The molecule has 1 fully saturated rings. The molecule has 2 rings (SSSR count). The summed E-state index contributed by atoms with van der Waals surface area (Å²) < 4.78 is 6.03. The van der Waals surface area contributed by atoms with Crippen molar-refractivity contribution < 1.29 is 4.74 Å². The first kappa shape index (κ1) is 13.3. The first-order valence-corrected chi connectivity index (χ1v) is 6.79. The average Bonchev–Trinajstić information content (AvgIpc) is 2.40. The Kier molecular flexibility index (Phi) is 4.19. The number of pyridine rings is 1. The van der Waals surface area contributed by atoms with Gasteiger partial charge in [0, 0.05) is 18.4 Å². The van der Waals surface area contributed by atoms with Crippen molar-refractivity contribution in [3.8, 4) is 0 Å². The maximum absolute atomic E-state index is 6.45. The Morgan fingerprint density at radius 1 is 1.39 bits per heavy atom. The zero-order valence-corrected chi connectivity index (χ0v) is 11.1. The van der Waals surface area contributed by atoms with E-state index in [1.165, 1.54) is 19.3 Å². The number of nitrogen functional groups attached to an aromatic ring is 1. The van der Waals surface area contributed by atoms with Gasteiger partial charge < -0.3 is 16.2 Å². The van der Waals surface area contributed by atoms with Gasteiger partial charge in [0.1, 0.15) is 5.82 Å². The summed E-state index contributed by atoms with van der Waals surface area (Å²) in [6, 6.07) is 3.66. The second-order valence-corrected chi connectivity index (χ2v) is 5.01. The largest absolute Gasteiger partial charge is 0.383 e. The van der Waals surface area contributed by atoms with Crippen LogP contribution < -0.4 is 11.5 Å². The third-order valence-corrected chi connectivity index (χ3v) is 3.90. The van der Waals surface area contributed by atoms with Crippen LogP contribution in [0, 0.1) is 0 Å². The molecule has 0 aromatic carbocycles. The Morgan fingerprint density at radius 3 is 2.72 bits per heavy atom. The van der Waals surface area contributed by atoms with Crippen LogP contribution in [0.4, 0.5) is 5.82 Å². The van der Waals surface area contributed by atoms with Gasteiger partial charge in [-0.1, -0.05) is 25.3 Å². The van der Waals surface area contributed by atoms with Gasteiger partial charge >= 0.3 is 0 Å². The SMILES string of the molecule is CCOC1(C(N)c2cccnc2N)CCCCC1. The molecule has 0 saturated heterocycles. The first-order valence-electron chi connectivity index (χ1n) is 6.79. The minimum Gasteiger partial charge on any atom is -0.383 e. The number of aromatic nitrogens is 1. The minimum atomic E-state index is -0.260. The zero-order valence-electron chi connectivity index (χ0n) is 11.1. The lowest BCUT2D eigenvalue weighted by Gasteiger charge is -2.42. The van der Waals surface area contributed by atoms with Crippen molar-refractivity contribution in [3.05, 3.63) is 23.9 Å². The number of anilines is 1. The Balaban J connectivity index is 2.28. The number of hydrogen-bond acceptors (Lipinski definition) is 4. The molecule has 4 N–H and O–H groups in total.